The van der Waals surface area contributed by atoms with Crippen LogP contribution in [0.4, 0.5) is 0 Å². The van der Waals surface area contributed by atoms with E-state index in [9.17, 15) is 0 Å². The lowest BCUT2D eigenvalue weighted by atomic mass is 9.86. The van der Waals surface area contributed by atoms with Crippen molar-refractivity contribution in [3.63, 3.8) is 0 Å². The molecule has 0 amide bonds. The van der Waals surface area contributed by atoms with Crippen molar-refractivity contribution >= 4 is 0 Å². The summed E-state index contributed by atoms with van der Waals surface area (Å²) in [7, 11) is 2.34. The largest absolute Gasteiger partial charge is 0.316 e. The summed E-state index contributed by atoms with van der Waals surface area (Å²) in [5, 5.41) is 3.69. The molecule has 2 saturated heterocycles. The molecule has 0 aromatic rings. The number of nitrogens with zero attached hydrogens (tertiary/aromatic N) is 2. The van der Waals surface area contributed by atoms with Crippen LogP contribution in [0.1, 0.15) is 53.4 Å². The van der Waals surface area contributed by atoms with E-state index in [0.29, 0.717) is 5.41 Å². The fourth-order valence-electron chi connectivity index (χ4n) is 4.02. The van der Waals surface area contributed by atoms with Gasteiger partial charge in [-0.1, -0.05) is 27.7 Å². The number of likely N-dealkylation sites (N-methyl/N-ethyl adjacent to an activating group) is 1. The van der Waals surface area contributed by atoms with E-state index in [0.717, 1.165) is 31.1 Å². The standard InChI is InChI=1S/C18H37N3/c1-6-18(4,13-19-11-15(2)3)14-21-10-9-16-7-8-17(12-21)20(16)5/h15-17,19H,6-14H2,1-5H3. The number of hydrogen-bond acceptors (Lipinski definition) is 3. The highest BCUT2D eigenvalue weighted by Gasteiger charge is 2.36. The number of likely N-dealkylation sites (tertiary alicyclic amines) is 1. The van der Waals surface area contributed by atoms with Crippen molar-refractivity contribution in [2.24, 2.45) is 11.3 Å². The van der Waals surface area contributed by atoms with Gasteiger partial charge in [0.15, 0.2) is 0 Å². The van der Waals surface area contributed by atoms with Crippen molar-refractivity contribution in [3.8, 4) is 0 Å². The Hall–Kier alpha value is -0.120. The summed E-state index contributed by atoms with van der Waals surface area (Å²) in [6.45, 7) is 15.5. The fourth-order valence-corrected chi connectivity index (χ4v) is 4.02. The number of nitrogens with one attached hydrogen (secondary N) is 1. The van der Waals surface area contributed by atoms with Gasteiger partial charge < -0.3 is 10.2 Å². The highest BCUT2D eigenvalue weighted by Crippen LogP contribution is 2.30. The summed E-state index contributed by atoms with van der Waals surface area (Å²) in [6.07, 6.45) is 5.47. The molecule has 3 atom stereocenters. The molecule has 3 heteroatoms. The molecule has 0 spiro atoms. The Morgan fingerprint density at radius 1 is 1.19 bits per heavy atom. The topological polar surface area (TPSA) is 18.5 Å². The lowest BCUT2D eigenvalue weighted by Crippen LogP contribution is -2.45. The molecule has 0 aromatic carbocycles. The first-order valence-corrected chi connectivity index (χ1v) is 9.08. The van der Waals surface area contributed by atoms with Crippen LogP contribution in [0, 0.1) is 11.3 Å². The third-order valence-electron chi connectivity index (χ3n) is 5.80. The van der Waals surface area contributed by atoms with E-state index < -0.39 is 0 Å². The average molecular weight is 296 g/mol. The minimum absolute atomic E-state index is 0.414. The third-order valence-corrected chi connectivity index (χ3v) is 5.80. The zero-order valence-electron chi connectivity index (χ0n) is 15.0. The summed E-state index contributed by atoms with van der Waals surface area (Å²) in [5.74, 6) is 0.744. The zero-order valence-corrected chi connectivity index (χ0v) is 15.0. The monoisotopic (exact) mass is 295 g/mol. The van der Waals surface area contributed by atoms with Crippen molar-refractivity contribution in [2.45, 2.75) is 65.5 Å². The van der Waals surface area contributed by atoms with Crippen LogP contribution in [0.5, 0.6) is 0 Å². The minimum Gasteiger partial charge on any atom is -0.316 e. The Morgan fingerprint density at radius 2 is 1.90 bits per heavy atom. The highest BCUT2D eigenvalue weighted by molar-refractivity contribution is 4.92. The van der Waals surface area contributed by atoms with Gasteiger partial charge in [-0.2, -0.15) is 0 Å². The predicted octanol–water partition coefficient (Wildman–Crippen LogP) is 2.82. The van der Waals surface area contributed by atoms with Gasteiger partial charge in [0.1, 0.15) is 0 Å². The Labute approximate surface area is 132 Å². The minimum atomic E-state index is 0.414. The van der Waals surface area contributed by atoms with E-state index in [-0.39, 0.29) is 0 Å². The van der Waals surface area contributed by atoms with Crippen molar-refractivity contribution in [3.05, 3.63) is 0 Å². The van der Waals surface area contributed by atoms with Crippen LogP contribution in [0.25, 0.3) is 0 Å². The summed E-state index contributed by atoms with van der Waals surface area (Å²) >= 11 is 0. The van der Waals surface area contributed by atoms with Crippen LogP contribution in [0.3, 0.4) is 0 Å². The van der Waals surface area contributed by atoms with Crippen molar-refractivity contribution in [2.75, 3.05) is 39.8 Å². The van der Waals surface area contributed by atoms with Crippen LogP contribution in [-0.4, -0.2) is 61.7 Å². The van der Waals surface area contributed by atoms with Crippen LogP contribution in [0.2, 0.25) is 0 Å². The van der Waals surface area contributed by atoms with Crippen molar-refractivity contribution < 1.29 is 0 Å². The van der Waals surface area contributed by atoms with Gasteiger partial charge in [0.05, 0.1) is 0 Å². The maximum atomic E-state index is 3.69. The molecule has 124 valence electrons. The molecule has 2 aliphatic rings. The van der Waals surface area contributed by atoms with E-state index in [1.807, 2.05) is 0 Å². The molecule has 2 bridgehead atoms. The molecule has 0 aromatic heterocycles. The van der Waals surface area contributed by atoms with Gasteiger partial charge in [-0.15, -0.1) is 0 Å². The maximum absolute atomic E-state index is 3.69. The smallest absolute Gasteiger partial charge is 0.0223 e. The molecule has 0 aliphatic carbocycles. The number of hydrogen-bond donors (Lipinski definition) is 1. The molecule has 3 unspecified atom stereocenters. The van der Waals surface area contributed by atoms with E-state index in [2.05, 4.69) is 49.9 Å². The summed E-state index contributed by atoms with van der Waals surface area (Å²) in [5.41, 5.74) is 0.414. The molecular weight excluding hydrogens is 258 g/mol. The highest BCUT2D eigenvalue weighted by atomic mass is 15.3. The maximum Gasteiger partial charge on any atom is 0.0223 e. The van der Waals surface area contributed by atoms with Gasteiger partial charge in [0.2, 0.25) is 0 Å². The molecule has 21 heavy (non-hydrogen) atoms. The quantitative estimate of drug-likeness (QED) is 0.779. The molecule has 2 heterocycles. The average Bonchev–Trinajstić information content (AvgIpc) is 2.67. The molecule has 2 fully saturated rings. The van der Waals surface area contributed by atoms with Gasteiger partial charge >= 0.3 is 0 Å². The second-order valence-electron chi connectivity index (χ2n) is 8.26. The normalized spacial score (nSPS) is 30.6. The lowest BCUT2D eigenvalue weighted by molar-refractivity contribution is 0.141. The van der Waals surface area contributed by atoms with Crippen LogP contribution in [-0.2, 0) is 0 Å². The van der Waals surface area contributed by atoms with Gasteiger partial charge in [-0.3, -0.25) is 4.90 Å². The molecule has 1 N–H and O–H groups in total. The molecule has 0 saturated carbocycles. The first kappa shape index (κ1) is 17.2. The Morgan fingerprint density at radius 3 is 2.57 bits per heavy atom. The van der Waals surface area contributed by atoms with E-state index in [4.69, 9.17) is 0 Å². The molecule has 0 radical (unpaired) electrons. The van der Waals surface area contributed by atoms with Crippen LogP contribution in [0.15, 0.2) is 0 Å². The molecular formula is C18H37N3. The van der Waals surface area contributed by atoms with E-state index in [1.165, 1.54) is 45.3 Å². The summed E-state index contributed by atoms with van der Waals surface area (Å²) < 4.78 is 0. The second-order valence-corrected chi connectivity index (χ2v) is 8.26. The van der Waals surface area contributed by atoms with Gasteiger partial charge in [-0.25, -0.2) is 0 Å². The van der Waals surface area contributed by atoms with Crippen molar-refractivity contribution in [1.82, 2.24) is 15.1 Å². The Balaban J connectivity index is 1.86. The number of rotatable bonds is 7. The van der Waals surface area contributed by atoms with E-state index in [1.54, 1.807) is 0 Å². The second kappa shape index (κ2) is 7.43. The molecule has 2 rings (SSSR count). The SMILES string of the molecule is CCC(C)(CNCC(C)C)CN1CCC2CCC(C1)N2C. The first-order chi connectivity index (χ1) is 9.93. The predicted molar refractivity (Wildman–Crippen MR) is 91.7 cm³/mol. The third kappa shape index (κ3) is 4.67. The summed E-state index contributed by atoms with van der Waals surface area (Å²) in [6, 6.07) is 1.66. The first-order valence-electron chi connectivity index (χ1n) is 9.08. The molecule has 2 aliphatic heterocycles. The fraction of sp³-hybridized carbons (Fsp3) is 1.00. The van der Waals surface area contributed by atoms with E-state index >= 15 is 0 Å². The zero-order chi connectivity index (χ0) is 15.5. The van der Waals surface area contributed by atoms with Gasteiger partial charge in [0, 0.05) is 31.7 Å². The van der Waals surface area contributed by atoms with Crippen molar-refractivity contribution in [1.29, 1.82) is 0 Å². The summed E-state index contributed by atoms with van der Waals surface area (Å²) in [4.78, 5) is 5.40. The Kier molecular flexibility index (Phi) is 6.10. The van der Waals surface area contributed by atoms with Gasteiger partial charge in [0.25, 0.3) is 0 Å². The van der Waals surface area contributed by atoms with Gasteiger partial charge in [-0.05, 0) is 57.2 Å². The Bertz CT molecular complexity index is 318. The van der Waals surface area contributed by atoms with Crippen LogP contribution < -0.4 is 5.32 Å². The number of fused-ring (bicyclic) bond motifs is 2. The molecule has 3 nitrogen and oxygen atoms in total. The van der Waals surface area contributed by atoms with Crippen LogP contribution >= 0.6 is 0 Å². The lowest BCUT2D eigenvalue weighted by Gasteiger charge is -2.36.